The summed E-state index contributed by atoms with van der Waals surface area (Å²) in [4.78, 5) is 5.79. The molecule has 0 saturated heterocycles. The van der Waals surface area contributed by atoms with Gasteiger partial charge in [-0.3, -0.25) is 0 Å². The van der Waals surface area contributed by atoms with Crippen LogP contribution in [0.4, 0.5) is 22.7 Å². The van der Waals surface area contributed by atoms with Crippen molar-refractivity contribution in [3.63, 3.8) is 0 Å². The van der Waals surface area contributed by atoms with E-state index in [1.807, 2.05) is 11.3 Å². The predicted molar refractivity (Wildman–Crippen MR) is 282 cm³/mol. The number of nitrogens with zero attached hydrogens (tertiary/aromatic N) is 2. The fraction of sp³-hybridized carbons (Fsp3) is 0.311. The lowest BCUT2D eigenvalue weighted by molar-refractivity contribution is 0.199. The van der Waals surface area contributed by atoms with Crippen LogP contribution in [0.1, 0.15) is 123 Å². The number of hydrogen-bond donors (Lipinski definition) is 0. The van der Waals surface area contributed by atoms with Crippen LogP contribution >= 0.6 is 11.3 Å². The van der Waals surface area contributed by atoms with Gasteiger partial charge in [0.1, 0.15) is 0 Å². The first-order valence-corrected chi connectivity index (χ1v) is 25.1. The Morgan fingerprint density at radius 2 is 1.23 bits per heavy atom. The Labute approximate surface area is 390 Å². The smallest absolute Gasteiger partial charge is 0.329 e. The average Bonchev–Trinajstić information content (AvgIpc) is 3.85. The minimum absolute atomic E-state index is 0.00960. The molecule has 65 heavy (non-hydrogen) atoms. The van der Waals surface area contributed by atoms with Crippen LogP contribution < -0.4 is 20.6 Å². The number of fused-ring (bicyclic) bond motifs is 15. The number of hydrogen-bond acceptors (Lipinski definition) is 3. The van der Waals surface area contributed by atoms with Gasteiger partial charge in [0, 0.05) is 54.0 Å². The second kappa shape index (κ2) is 12.9. The van der Waals surface area contributed by atoms with Crippen molar-refractivity contribution < 1.29 is 0 Å². The van der Waals surface area contributed by atoms with Gasteiger partial charge in [-0.1, -0.05) is 160 Å². The van der Waals surface area contributed by atoms with Crippen LogP contribution in [0.15, 0.2) is 127 Å². The SMILES string of the molecule is CC(C)(C)c1ccc(N2c3cc4c(c5c3B(c3c2ccc2sc6ccccc6c32)N2c3c-5cc(C(C)(C)C)cc3C3(C)CCCCC23C)-c2ccccc2C4(C)C)c(-c2ccccc2)c1. The van der Waals surface area contributed by atoms with Crippen molar-refractivity contribution in [3.8, 4) is 33.4 Å². The van der Waals surface area contributed by atoms with E-state index in [9.17, 15) is 0 Å². The van der Waals surface area contributed by atoms with Gasteiger partial charge in [0.15, 0.2) is 0 Å². The van der Waals surface area contributed by atoms with Gasteiger partial charge >= 0.3 is 6.85 Å². The van der Waals surface area contributed by atoms with Crippen LogP contribution in [0.3, 0.4) is 0 Å². The summed E-state index contributed by atoms with van der Waals surface area (Å²) in [6.07, 6.45) is 4.90. The maximum atomic E-state index is 3.05. The molecule has 8 aromatic rings. The molecule has 322 valence electrons. The van der Waals surface area contributed by atoms with E-state index in [1.54, 1.807) is 5.56 Å². The van der Waals surface area contributed by atoms with E-state index in [-0.39, 0.29) is 34.0 Å². The standard InChI is InChI=1S/C61H59BN2S/c1-57(2,3)37-26-27-46(41(32-37)36-20-12-11-13-21-36)63-47-28-29-50-52(40-23-15-17-25-49(40)65-50)54(47)62-55-48(63)35-44-51(39-22-14-16-24-43(39)59(44,7)8)53(55)42-33-38(58(4,5)6)34-45-56(42)64(62)61(10)31-19-18-30-60(45,61)9/h11-17,20-29,32-35H,18-19,30-31H2,1-10H3. The van der Waals surface area contributed by atoms with Gasteiger partial charge in [-0.15, -0.1) is 11.3 Å². The lowest BCUT2D eigenvalue weighted by Crippen LogP contribution is -2.71. The molecule has 0 N–H and O–H groups in total. The monoisotopic (exact) mass is 862 g/mol. The molecule has 2 nitrogen and oxygen atoms in total. The molecule has 7 aromatic carbocycles. The highest BCUT2D eigenvalue weighted by molar-refractivity contribution is 7.26. The third kappa shape index (κ3) is 5.02. The lowest BCUT2D eigenvalue weighted by Gasteiger charge is -2.55. The number of benzene rings is 7. The van der Waals surface area contributed by atoms with Crippen molar-refractivity contribution in [2.45, 2.75) is 122 Å². The van der Waals surface area contributed by atoms with Gasteiger partial charge in [0.25, 0.3) is 0 Å². The first-order valence-electron chi connectivity index (χ1n) is 24.3. The quantitative estimate of drug-likeness (QED) is 0.160. The summed E-state index contributed by atoms with van der Waals surface area (Å²) < 4.78 is 2.73. The minimum atomic E-state index is -0.196. The molecule has 5 aliphatic rings. The van der Waals surface area contributed by atoms with E-state index in [1.165, 1.54) is 135 Å². The van der Waals surface area contributed by atoms with Crippen LogP contribution in [0.5, 0.6) is 0 Å². The Kier molecular flexibility index (Phi) is 7.86. The van der Waals surface area contributed by atoms with E-state index < -0.39 is 0 Å². The van der Waals surface area contributed by atoms with Crippen molar-refractivity contribution in [2.75, 3.05) is 9.71 Å². The molecule has 1 fully saturated rings. The Morgan fingerprint density at radius 1 is 0.538 bits per heavy atom. The van der Waals surface area contributed by atoms with Gasteiger partial charge in [0.05, 0.1) is 5.69 Å². The Bertz CT molecular complexity index is 3380. The Hall–Kier alpha value is -5.58. The first kappa shape index (κ1) is 39.8. The van der Waals surface area contributed by atoms with Crippen molar-refractivity contribution in [2.24, 2.45) is 0 Å². The summed E-state index contributed by atoms with van der Waals surface area (Å²) in [5, 5.41) is 2.80. The summed E-state index contributed by atoms with van der Waals surface area (Å²) in [5.74, 6) is 0. The summed E-state index contributed by atoms with van der Waals surface area (Å²) >= 11 is 1.96. The molecule has 1 saturated carbocycles. The highest BCUT2D eigenvalue weighted by Gasteiger charge is 2.64. The fourth-order valence-corrected chi connectivity index (χ4v) is 14.8. The number of thiophene rings is 1. The van der Waals surface area contributed by atoms with Gasteiger partial charge in [-0.2, -0.15) is 0 Å². The second-order valence-corrected chi connectivity index (χ2v) is 24.3. The second-order valence-electron chi connectivity index (χ2n) is 23.2. The van der Waals surface area contributed by atoms with Gasteiger partial charge in [-0.05, 0) is 145 Å². The van der Waals surface area contributed by atoms with Crippen molar-refractivity contribution in [1.29, 1.82) is 0 Å². The molecule has 2 atom stereocenters. The number of anilines is 4. The molecule has 0 bridgehead atoms. The highest BCUT2D eigenvalue weighted by Crippen LogP contribution is 2.66. The van der Waals surface area contributed by atoms with Crippen molar-refractivity contribution in [3.05, 3.63) is 155 Å². The average molecular weight is 863 g/mol. The largest absolute Gasteiger partial charge is 0.400 e. The molecule has 1 aromatic heterocycles. The summed E-state index contributed by atoms with van der Waals surface area (Å²) in [7, 11) is 0. The third-order valence-electron chi connectivity index (χ3n) is 17.3. The van der Waals surface area contributed by atoms with E-state index in [0.717, 1.165) is 0 Å². The van der Waals surface area contributed by atoms with Crippen molar-refractivity contribution in [1.82, 2.24) is 0 Å². The normalized spacial score (nSPS) is 21.0. The summed E-state index contributed by atoms with van der Waals surface area (Å²) in [6, 6.07) is 50.1. The molecule has 13 rings (SSSR count). The lowest BCUT2D eigenvalue weighted by atomic mass is 9.41. The first-order chi connectivity index (χ1) is 31.0. The zero-order valence-electron chi connectivity index (χ0n) is 39.8. The van der Waals surface area contributed by atoms with E-state index >= 15 is 0 Å². The molecule has 0 amide bonds. The molecule has 3 aliphatic heterocycles. The van der Waals surface area contributed by atoms with Gasteiger partial charge < -0.3 is 9.71 Å². The van der Waals surface area contributed by atoms with E-state index in [0.29, 0.717) is 0 Å². The fourth-order valence-electron chi connectivity index (χ4n) is 13.6. The summed E-state index contributed by atoms with van der Waals surface area (Å²) in [5.41, 5.74) is 23.5. The zero-order valence-corrected chi connectivity index (χ0v) is 40.6. The predicted octanol–water partition coefficient (Wildman–Crippen LogP) is 15.6. The molecule has 4 heteroatoms. The van der Waals surface area contributed by atoms with Crippen LogP contribution in [0.25, 0.3) is 53.6 Å². The van der Waals surface area contributed by atoms with Crippen LogP contribution in [-0.4, -0.2) is 12.4 Å². The number of rotatable bonds is 2. The minimum Gasteiger partial charge on any atom is -0.400 e. The Balaban J connectivity index is 1.27. The highest BCUT2D eigenvalue weighted by atomic mass is 32.1. The third-order valence-corrected chi connectivity index (χ3v) is 18.5. The Morgan fingerprint density at radius 3 is 2.02 bits per heavy atom. The molecule has 2 aliphatic carbocycles. The molecule has 0 radical (unpaired) electrons. The van der Waals surface area contributed by atoms with E-state index in [4.69, 9.17) is 0 Å². The van der Waals surface area contributed by atoms with E-state index in [2.05, 4.69) is 206 Å². The van der Waals surface area contributed by atoms with Gasteiger partial charge in [0.2, 0.25) is 0 Å². The van der Waals surface area contributed by atoms with Crippen molar-refractivity contribution >= 4 is 72.0 Å². The summed E-state index contributed by atoms with van der Waals surface area (Å²) in [6.45, 7) is 24.6. The zero-order chi connectivity index (χ0) is 44.7. The topological polar surface area (TPSA) is 6.48 Å². The molecule has 0 spiro atoms. The van der Waals surface area contributed by atoms with Gasteiger partial charge in [-0.25, -0.2) is 0 Å². The maximum Gasteiger partial charge on any atom is 0.329 e. The van der Waals surface area contributed by atoms with Crippen LogP contribution in [-0.2, 0) is 21.7 Å². The molecule has 4 heterocycles. The molecular formula is C61H59BN2S. The maximum absolute atomic E-state index is 3.05. The molecular weight excluding hydrogens is 804 g/mol. The van der Waals surface area contributed by atoms with Crippen LogP contribution in [0, 0.1) is 0 Å². The molecule has 2 unspecified atom stereocenters. The van der Waals surface area contributed by atoms with Crippen LogP contribution in [0.2, 0.25) is 0 Å².